The highest BCUT2D eigenvalue weighted by molar-refractivity contribution is 5.86. The Kier molecular flexibility index (Phi) is 5.00. The van der Waals surface area contributed by atoms with E-state index in [1.54, 1.807) is 18.2 Å². The first-order valence-corrected chi connectivity index (χ1v) is 4.95. The molecule has 0 spiro atoms. The Bertz CT molecular complexity index is 415. The van der Waals surface area contributed by atoms with Crippen LogP contribution in [0.3, 0.4) is 0 Å². The summed E-state index contributed by atoms with van der Waals surface area (Å²) in [4.78, 5) is 10.4. The van der Waals surface area contributed by atoms with Crippen LogP contribution in [0.4, 0.5) is 4.39 Å². The number of aliphatic carboxylic acids is 1. The van der Waals surface area contributed by atoms with Gasteiger partial charge in [-0.1, -0.05) is 0 Å². The van der Waals surface area contributed by atoms with Crippen LogP contribution in [0.2, 0.25) is 0 Å². The maximum atomic E-state index is 12.0. The first kappa shape index (κ1) is 13.0. The van der Waals surface area contributed by atoms with E-state index in [1.165, 1.54) is 13.2 Å². The summed E-state index contributed by atoms with van der Waals surface area (Å²) in [5.74, 6) is -0.0761. The fourth-order valence-corrected chi connectivity index (χ4v) is 1.22. The lowest BCUT2D eigenvalue weighted by molar-refractivity contribution is -0.131. The molecule has 0 aliphatic heterocycles. The van der Waals surface area contributed by atoms with E-state index in [0.29, 0.717) is 17.1 Å². The molecule has 0 heterocycles. The molecule has 0 saturated heterocycles. The van der Waals surface area contributed by atoms with Crippen molar-refractivity contribution in [3.8, 4) is 11.5 Å². The topological polar surface area (TPSA) is 55.8 Å². The summed E-state index contributed by atoms with van der Waals surface area (Å²) in [6.07, 6.45) is 2.36. The fraction of sp³-hybridized carbons (Fsp3) is 0.250. The van der Waals surface area contributed by atoms with Crippen LogP contribution in [0.5, 0.6) is 11.5 Å². The van der Waals surface area contributed by atoms with Crippen LogP contribution in [-0.2, 0) is 4.79 Å². The molecule has 0 unspecified atom stereocenters. The number of hydrogen-bond donors (Lipinski definition) is 1. The van der Waals surface area contributed by atoms with E-state index in [4.69, 9.17) is 14.6 Å². The molecule has 1 aromatic carbocycles. The largest absolute Gasteiger partial charge is 0.497 e. The normalized spacial score (nSPS) is 10.5. The van der Waals surface area contributed by atoms with E-state index in [2.05, 4.69) is 0 Å². The van der Waals surface area contributed by atoms with Crippen LogP contribution >= 0.6 is 0 Å². The molecule has 0 atom stereocenters. The zero-order valence-corrected chi connectivity index (χ0v) is 9.35. The van der Waals surface area contributed by atoms with Gasteiger partial charge >= 0.3 is 5.97 Å². The van der Waals surface area contributed by atoms with Crippen LogP contribution in [0.15, 0.2) is 24.3 Å². The van der Waals surface area contributed by atoms with Crippen LogP contribution in [0.25, 0.3) is 6.08 Å². The highest BCUT2D eigenvalue weighted by Gasteiger charge is 2.03. The number of carboxylic acid groups (broad SMARTS) is 1. The standard InChI is InChI=1S/C12H13FO4/c1-16-10-3-4-11(17-7-6-13)9(8-10)2-5-12(14)15/h2-5,8H,6-7H2,1H3,(H,14,15)/b5-2+. The number of alkyl halides is 1. The minimum atomic E-state index is -1.07. The highest BCUT2D eigenvalue weighted by Crippen LogP contribution is 2.25. The summed E-state index contributed by atoms with van der Waals surface area (Å²) in [6, 6.07) is 4.88. The molecule has 0 saturated carbocycles. The Labute approximate surface area is 98.3 Å². The minimum Gasteiger partial charge on any atom is -0.497 e. The molecular weight excluding hydrogens is 227 g/mol. The summed E-state index contributed by atoms with van der Waals surface area (Å²) < 4.78 is 22.2. The average molecular weight is 240 g/mol. The van der Waals surface area contributed by atoms with Crippen molar-refractivity contribution in [1.82, 2.24) is 0 Å². The van der Waals surface area contributed by atoms with Gasteiger partial charge in [-0.25, -0.2) is 9.18 Å². The summed E-state index contributed by atoms with van der Waals surface area (Å²) in [6.45, 7) is -0.672. The van der Waals surface area contributed by atoms with Crippen molar-refractivity contribution >= 4 is 12.0 Å². The maximum Gasteiger partial charge on any atom is 0.328 e. The number of halogens is 1. The third-order valence-corrected chi connectivity index (χ3v) is 1.96. The van der Waals surface area contributed by atoms with Crippen molar-refractivity contribution in [1.29, 1.82) is 0 Å². The number of hydrogen-bond acceptors (Lipinski definition) is 3. The first-order chi connectivity index (χ1) is 8.17. The molecule has 92 valence electrons. The lowest BCUT2D eigenvalue weighted by Crippen LogP contribution is -2.00. The number of ether oxygens (including phenoxy) is 2. The van der Waals surface area contributed by atoms with Crippen molar-refractivity contribution in [3.05, 3.63) is 29.8 Å². The van der Waals surface area contributed by atoms with Gasteiger partial charge in [0.05, 0.1) is 7.11 Å². The Morgan fingerprint density at radius 2 is 2.29 bits per heavy atom. The molecule has 17 heavy (non-hydrogen) atoms. The van der Waals surface area contributed by atoms with Gasteiger partial charge < -0.3 is 14.6 Å². The zero-order chi connectivity index (χ0) is 12.7. The molecule has 1 N–H and O–H groups in total. The van der Waals surface area contributed by atoms with Crippen LogP contribution in [0.1, 0.15) is 5.56 Å². The molecule has 0 aliphatic carbocycles. The second-order valence-electron chi connectivity index (χ2n) is 3.11. The molecule has 0 radical (unpaired) electrons. The van der Waals surface area contributed by atoms with E-state index in [-0.39, 0.29) is 6.61 Å². The molecule has 0 amide bonds. The Hall–Kier alpha value is -2.04. The average Bonchev–Trinajstić information content (AvgIpc) is 2.34. The molecule has 1 rings (SSSR count). The van der Waals surface area contributed by atoms with Gasteiger partial charge in [-0.2, -0.15) is 0 Å². The Balaban J connectivity index is 2.98. The third-order valence-electron chi connectivity index (χ3n) is 1.96. The first-order valence-electron chi connectivity index (χ1n) is 4.95. The van der Waals surface area contributed by atoms with Gasteiger partial charge in [0.15, 0.2) is 0 Å². The fourth-order valence-electron chi connectivity index (χ4n) is 1.22. The number of rotatable bonds is 6. The molecule has 0 aliphatic rings. The van der Waals surface area contributed by atoms with Crippen molar-refractivity contribution in [2.24, 2.45) is 0 Å². The predicted molar refractivity (Wildman–Crippen MR) is 61.1 cm³/mol. The lowest BCUT2D eigenvalue weighted by Gasteiger charge is -2.09. The smallest absolute Gasteiger partial charge is 0.328 e. The summed E-state index contributed by atoms with van der Waals surface area (Å²) in [7, 11) is 1.50. The number of methoxy groups -OCH3 is 1. The zero-order valence-electron chi connectivity index (χ0n) is 9.35. The highest BCUT2D eigenvalue weighted by atomic mass is 19.1. The number of carboxylic acids is 1. The summed E-state index contributed by atoms with van der Waals surface area (Å²) in [5, 5.41) is 8.55. The molecule has 0 aromatic heterocycles. The van der Waals surface area contributed by atoms with Crippen molar-refractivity contribution in [2.45, 2.75) is 0 Å². The predicted octanol–water partition coefficient (Wildman–Crippen LogP) is 2.14. The number of carbonyl (C=O) groups is 1. The van der Waals surface area contributed by atoms with Crippen molar-refractivity contribution in [3.63, 3.8) is 0 Å². The Morgan fingerprint density at radius 3 is 2.88 bits per heavy atom. The van der Waals surface area contributed by atoms with E-state index < -0.39 is 12.6 Å². The molecule has 0 fully saturated rings. The quantitative estimate of drug-likeness (QED) is 0.774. The van der Waals surface area contributed by atoms with Gasteiger partial charge in [-0.3, -0.25) is 0 Å². The second kappa shape index (κ2) is 6.52. The third kappa shape index (κ3) is 4.14. The maximum absolute atomic E-state index is 12.0. The molecule has 5 heteroatoms. The molecule has 4 nitrogen and oxygen atoms in total. The SMILES string of the molecule is COc1ccc(OCCF)c(/C=C/C(=O)O)c1. The van der Waals surface area contributed by atoms with Crippen molar-refractivity contribution in [2.75, 3.05) is 20.4 Å². The van der Waals surface area contributed by atoms with Gasteiger partial charge in [0.1, 0.15) is 24.8 Å². The number of benzene rings is 1. The molecule has 0 bridgehead atoms. The van der Waals surface area contributed by atoms with Gasteiger partial charge in [0, 0.05) is 11.6 Å². The van der Waals surface area contributed by atoms with Gasteiger partial charge in [0.2, 0.25) is 0 Å². The molecule has 1 aromatic rings. The van der Waals surface area contributed by atoms with Crippen molar-refractivity contribution < 1.29 is 23.8 Å². The van der Waals surface area contributed by atoms with E-state index in [1.807, 2.05) is 0 Å². The van der Waals surface area contributed by atoms with E-state index >= 15 is 0 Å². The second-order valence-corrected chi connectivity index (χ2v) is 3.11. The van der Waals surface area contributed by atoms with Gasteiger partial charge in [-0.15, -0.1) is 0 Å². The minimum absolute atomic E-state index is 0.0692. The van der Waals surface area contributed by atoms with Gasteiger partial charge in [-0.05, 0) is 24.3 Å². The summed E-state index contributed by atoms with van der Waals surface area (Å²) in [5.41, 5.74) is 0.528. The summed E-state index contributed by atoms with van der Waals surface area (Å²) >= 11 is 0. The monoisotopic (exact) mass is 240 g/mol. The van der Waals surface area contributed by atoms with Crippen LogP contribution < -0.4 is 9.47 Å². The van der Waals surface area contributed by atoms with E-state index in [0.717, 1.165) is 6.08 Å². The lowest BCUT2D eigenvalue weighted by atomic mass is 10.1. The molecular formula is C12H13FO4. The van der Waals surface area contributed by atoms with Crippen LogP contribution in [0, 0.1) is 0 Å². The van der Waals surface area contributed by atoms with Gasteiger partial charge in [0.25, 0.3) is 0 Å². The van der Waals surface area contributed by atoms with E-state index in [9.17, 15) is 9.18 Å². The Morgan fingerprint density at radius 1 is 1.53 bits per heavy atom. The van der Waals surface area contributed by atoms with Crippen LogP contribution in [-0.4, -0.2) is 31.5 Å².